The Morgan fingerprint density at radius 3 is 2.14 bits per heavy atom. The van der Waals surface area contributed by atoms with E-state index in [4.69, 9.17) is 0 Å². The third-order valence-corrected chi connectivity index (χ3v) is 5.64. The quantitative estimate of drug-likeness (QED) is 0.513. The number of carbonyl (C=O) groups is 1. The zero-order chi connectivity index (χ0) is 19.3. The van der Waals surface area contributed by atoms with Crippen molar-refractivity contribution in [3.05, 3.63) is 59.2 Å². The summed E-state index contributed by atoms with van der Waals surface area (Å²) in [5.74, 6) is 0.299. The van der Waals surface area contributed by atoms with Gasteiger partial charge in [0.15, 0.2) is 6.54 Å². The van der Waals surface area contributed by atoms with Gasteiger partial charge in [-0.05, 0) is 62.8 Å². The Labute approximate surface area is 193 Å². The average Bonchev–Trinajstić information content (AvgIpc) is 2.84. The molecule has 0 spiro atoms. The van der Waals surface area contributed by atoms with Crippen molar-refractivity contribution < 1.29 is 47.1 Å². The van der Waals surface area contributed by atoms with E-state index in [2.05, 4.69) is 29.6 Å². The number of quaternary nitrogens is 1. The monoisotopic (exact) mass is 456 g/mol. The number of nitrogens with one attached hydrogen (secondary N) is 1. The molecule has 4 nitrogen and oxygen atoms in total. The van der Waals surface area contributed by atoms with Gasteiger partial charge in [0.05, 0.1) is 13.1 Å². The zero-order valence-electron chi connectivity index (χ0n) is 17.1. The van der Waals surface area contributed by atoms with Crippen LogP contribution in [0.25, 0.3) is 0 Å². The van der Waals surface area contributed by atoms with Crippen molar-refractivity contribution in [1.29, 1.82) is 0 Å². The molecule has 0 unspecified atom stereocenters. The molecular formula is C23H31N2O2Y+. The van der Waals surface area contributed by atoms with Crippen LogP contribution in [-0.4, -0.2) is 35.1 Å². The molecule has 2 aromatic rings. The summed E-state index contributed by atoms with van der Waals surface area (Å²) in [6.07, 6.45) is 4.87. The fraction of sp³-hybridized carbons (Fsp3) is 0.435. The summed E-state index contributed by atoms with van der Waals surface area (Å²) in [6, 6.07) is 13.9. The van der Waals surface area contributed by atoms with Crippen LogP contribution in [0.1, 0.15) is 42.4 Å². The molecule has 1 aliphatic rings. The normalized spacial score (nSPS) is 15.9. The first-order valence-corrected chi connectivity index (χ1v) is 9.97. The molecule has 1 fully saturated rings. The first-order chi connectivity index (χ1) is 13.0. The van der Waals surface area contributed by atoms with Gasteiger partial charge in [-0.1, -0.05) is 30.3 Å². The van der Waals surface area contributed by atoms with Crippen molar-refractivity contribution in [3.63, 3.8) is 0 Å². The molecule has 1 saturated heterocycles. The first kappa shape index (κ1) is 23.1. The predicted molar refractivity (Wildman–Crippen MR) is 110 cm³/mol. The van der Waals surface area contributed by atoms with E-state index < -0.39 is 0 Å². The van der Waals surface area contributed by atoms with E-state index in [1.807, 2.05) is 19.9 Å². The number of benzene rings is 2. The van der Waals surface area contributed by atoms with Gasteiger partial charge >= 0.3 is 0 Å². The van der Waals surface area contributed by atoms with E-state index in [1.54, 1.807) is 12.1 Å². The van der Waals surface area contributed by atoms with Crippen LogP contribution in [0.3, 0.4) is 0 Å². The Kier molecular flexibility index (Phi) is 8.66. The third kappa shape index (κ3) is 6.13. The summed E-state index contributed by atoms with van der Waals surface area (Å²) in [4.78, 5) is 13.0. The summed E-state index contributed by atoms with van der Waals surface area (Å²) in [7, 11) is 0. The molecule has 3 rings (SSSR count). The maximum absolute atomic E-state index is 13.0. The van der Waals surface area contributed by atoms with Crippen LogP contribution in [0.15, 0.2) is 42.5 Å². The van der Waals surface area contributed by atoms with Gasteiger partial charge in [0.25, 0.3) is 5.91 Å². The Bertz CT molecular complexity index is 761. The van der Waals surface area contributed by atoms with Crippen LogP contribution in [0.5, 0.6) is 5.75 Å². The molecule has 1 radical (unpaired) electrons. The molecular weight excluding hydrogens is 425 g/mol. The molecule has 1 amide bonds. The molecule has 0 aromatic heterocycles. The maximum Gasteiger partial charge on any atom is 0.279 e. The summed E-state index contributed by atoms with van der Waals surface area (Å²) in [5.41, 5.74) is 3.91. The van der Waals surface area contributed by atoms with E-state index in [9.17, 15) is 9.90 Å². The van der Waals surface area contributed by atoms with Crippen molar-refractivity contribution in [2.45, 2.75) is 46.1 Å². The number of hydrogen-bond donors (Lipinski definition) is 2. The van der Waals surface area contributed by atoms with Crippen molar-refractivity contribution in [2.75, 3.05) is 25.0 Å². The SMILES string of the molecule is Cc1cc(O)cc(C)c1NC(=O)C[N+]1(Cc2ccccc2)CCCCCC1.[Y]. The third-order valence-electron chi connectivity index (χ3n) is 5.64. The Morgan fingerprint density at radius 2 is 1.57 bits per heavy atom. The van der Waals surface area contributed by atoms with E-state index in [-0.39, 0.29) is 44.4 Å². The van der Waals surface area contributed by atoms with Crippen LogP contribution in [0.2, 0.25) is 0 Å². The molecule has 5 heteroatoms. The Balaban J connectivity index is 0.00000280. The minimum Gasteiger partial charge on any atom is -0.508 e. The number of nitrogens with zero attached hydrogens (tertiary/aromatic N) is 1. The maximum atomic E-state index is 13.0. The second kappa shape index (κ2) is 10.5. The summed E-state index contributed by atoms with van der Waals surface area (Å²) < 4.78 is 0.825. The fourth-order valence-corrected chi connectivity index (χ4v) is 4.32. The van der Waals surface area contributed by atoms with Crippen LogP contribution < -0.4 is 5.32 Å². The van der Waals surface area contributed by atoms with Crippen LogP contribution in [-0.2, 0) is 44.0 Å². The number of anilines is 1. The Hall–Kier alpha value is -1.23. The van der Waals surface area contributed by atoms with E-state index in [0.29, 0.717) is 6.54 Å². The topological polar surface area (TPSA) is 49.3 Å². The number of hydrogen-bond acceptors (Lipinski definition) is 2. The summed E-state index contributed by atoms with van der Waals surface area (Å²) in [6.45, 7) is 7.34. The zero-order valence-corrected chi connectivity index (χ0v) is 19.9. The number of phenols is 1. The van der Waals surface area contributed by atoms with Crippen molar-refractivity contribution in [2.24, 2.45) is 0 Å². The molecule has 0 atom stereocenters. The van der Waals surface area contributed by atoms with E-state index in [1.165, 1.54) is 31.2 Å². The van der Waals surface area contributed by atoms with Crippen molar-refractivity contribution in [3.8, 4) is 5.75 Å². The summed E-state index contributed by atoms with van der Waals surface area (Å²) in [5, 5.41) is 12.9. The Morgan fingerprint density at radius 1 is 1.00 bits per heavy atom. The average molecular weight is 456 g/mol. The fourth-order valence-electron chi connectivity index (χ4n) is 4.32. The van der Waals surface area contributed by atoms with Gasteiger partial charge in [0.2, 0.25) is 0 Å². The molecule has 2 aromatic carbocycles. The molecule has 147 valence electrons. The molecule has 0 aliphatic carbocycles. The molecule has 28 heavy (non-hydrogen) atoms. The standard InChI is InChI=1S/C23H30N2O2.Y/c1-18-14-21(26)15-19(2)23(18)24-22(27)17-25(12-8-3-4-9-13-25)16-20-10-6-5-7-11-20;/h5-7,10-11,14-15H,3-4,8-9,12-13,16-17H2,1-2H3,(H-,24,26,27);/p+1. The molecule has 1 heterocycles. The van der Waals surface area contributed by atoms with Crippen molar-refractivity contribution >= 4 is 11.6 Å². The van der Waals surface area contributed by atoms with E-state index >= 15 is 0 Å². The van der Waals surface area contributed by atoms with Gasteiger partial charge < -0.3 is 14.9 Å². The van der Waals surface area contributed by atoms with Crippen LogP contribution >= 0.6 is 0 Å². The second-order valence-corrected chi connectivity index (χ2v) is 8.01. The van der Waals surface area contributed by atoms with Gasteiger partial charge in [-0.2, -0.15) is 0 Å². The van der Waals surface area contributed by atoms with Gasteiger partial charge in [-0.25, -0.2) is 0 Å². The molecule has 0 bridgehead atoms. The smallest absolute Gasteiger partial charge is 0.279 e. The largest absolute Gasteiger partial charge is 0.508 e. The minimum absolute atomic E-state index is 0. The minimum atomic E-state index is 0. The molecule has 2 N–H and O–H groups in total. The van der Waals surface area contributed by atoms with Crippen LogP contribution in [0.4, 0.5) is 5.69 Å². The van der Waals surface area contributed by atoms with Gasteiger partial charge in [-0.15, -0.1) is 0 Å². The number of aromatic hydroxyl groups is 1. The first-order valence-electron chi connectivity index (χ1n) is 9.97. The van der Waals surface area contributed by atoms with E-state index in [0.717, 1.165) is 40.9 Å². The van der Waals surface area contributed by atoms with Gasteiger partial charge in [-0.3, -0.25) is 4.79 Å². The number of rotatable bonds is 5. The number of carbonyl (C=O) groups excluding carboxylic acids is 1. The second-order valence-electron chi connectivity index (χ2n) is 8.01. The number of likely N-dealkylation sites (tertiary alicyclic amines) is 1. The summed E-state index contributed by atoms with van der Waals surface area (Å²) >= 11 is 0. The predicted octanol–water partition coefficient (Wildman–Crippen LogP) is 4.54. The number of phenolic OH excluding ortho intramolecular Hbond substituents is 1. The number of amides is 1. The van der Waals surface area contributed by atoms with Gasteiger partial charge in [0.1, 0.15) is 12.3 Å². The van der Waals surface area contributed by atoms with Crippen LogP contribution in [0, 0.1) is 13.8 Å². The van der Waals surface area contributed by atoms with Crippen molar-refractivity contribution in [1.82, 2.24) is 0 Å². The number of aryl methyl sites for hydroxylation is 2. The molecule has 1 aliphatic heterocycles. The van der Waals surface area contributed by atoms with Gasteiger partial charge in [0, 0.05) is 44.0 Å². The molecule has 0 saturated carbocycles.